The van der Waals surface area contributed by atoms with Gasteiger partial charge in [0.15, 0.2) is 0 Å². The number of hydrogen-bond acceptors (Lipinski definition) is 2. The number of furan rings is 1. The molecule has 0 saturated heterocycles. The van der Waals surface area contributed by atoms with E-state index in [2.05, 4.69) is 0 Å². The summed E-state index contributed by atoms with van der Waals surface area (Å²) in [6.07, 6.45) is 1.58. The summed E-state index contributed by atoms with van der Waals surface area (Å²) < 4.78 is 18.1. The summed E-state index contributed by atoms with van der Waals surface area (Å²) in [4.78, 5) is 0. The molecule has 2 rings (SSSR count). The SMILES string of the molecule is Cc1cc(F)ccc1C(N)c1ccco1. The molecule has 0 aliphatic heterocycles. The largest absolute Gasteiger partial charge is 0.467 e. The van der Waals surface area contributed by atoms with Gasteiger partial charge in [0.2, 0.25) is 0 Å². The molecule has 0 aliphatic rings. The van der Waals surface area contributed by atoms with Crippen LogP contribution in [0.4, 0.5) is 4.39 Å². The molecule has 15 heavy (non-hydrogen) atoms. The van der Waals surface area contributed by atoms with Gasteiger partial charge < -0.3 is 10.2 Å². The number of rotatable bonds is 2. The van der Waals surface area contributed by atoms with E-state index in [0.717, 1.165) is 11.1 Å². The van der Waals surface area contributed by atoms with Gasteiger partial charge in [-0.1, -0.05) is 6.07 Å². The molecular formula is C12H12FNO. The predicted molar refractivity (Wildman–Crippen MR) is 55.9 cm³/mol. The Balaban J connectivity index is 2.38. The van der Waals surface area contributed by atoms with E-state index in [1.54, 1.807) is 18.4 Å². The van der Waals surface area contributed by atoms with Crippen molar-refractivity contribution in [3.63, 3.8) is 0 Å². The van der Waals surface area contributed by atoms with Gasteiger partial charge in [0.1, 0.15) is 11.6 Å². The lowest BCUT2D eigenvalue weighted by Crippen LogP contribution is -2.12. The summed E-state index contributed by atoms with van der Waals surface area (Å²) in [5.74, 6) is 0.438. The Morgan fingerprint density at radius 3 is 2.73 bits per heavy atom. The molecule has 0 saturated carbocycles. The molecule has 1 aromatic heterocycles. The van der Waals surface area contributed by atoms with Gasteiger partial charge in [0.05, 0.1) is 12.3 Å². The van der Waals surface area contributed by atoms with Crippen molar-refractivity contribution in [2.75, 3.05) is 0 Å². The van der Waals surface area contributed by atoms with Crippen LogP contribution < -0.4 is 5.73 Å². The summed E-state index contributed by atoms with van der Waals surface area (Å²) >= 11 is 0. The predicted octanol–water partition coefficient (Wildman–Crippen LogP) is 2.78. The standard InChI is InChI=1S/C12H12FNO/c1-8-7-9(13)4-5-10(8)12(14)11-3-2-6-15-11/h2-7,12H,14H2,1H3. The molecule has 0 amide bonds. The molecule has 0 radical (unpaired) electrons. The maximum Gasteiger partial charge on any atom is 0.125 e. The zero-order chi connectivity index (χ0) is 10.8. The van der Waals surface area contributed by atoms with Gasteiger partial charge in [0.25, 0.3) is 0 Å². The summed E-state index contributed by atoms with van der Waals surface area (Å²) in [5, 5.41) is 0. The zero-order valence-electron chi connectivity index (χ0n) is 8.41. The van der Waals surface area contributed by atoms with Gasteiger partial charge in [-0.05, 0) is 42.3 Å². The molecule has 2 N–H and O–H groups in total. The Labute approximate surface area is 87.5 Å². The van der Waals surface area contributed by atoms with E-state index in [9.17, 15) is 4.39 Å². The average molecular weight is 205 g/mol. The maximum atomic E-state index is 12.9. The molecule has 1 atom stereocenters. The van der Waals surface area contributed by atoms with Gasteiger partial charge in [-0.2, -0.15) is 0 Å². The number of nitrogens with two attached hydrogens (primary N) is 1. The average Bonchev–Trinajstić information content (AvgIpc) is 2.69. The lowest BCUT2D eigenvalue weighted by Gasteiger charge is -2.12. The Kier molecular flexibility index (Phi) is 2.56. The zero-order valence-corrected chi connectivity index (χ0v) is 8.41. The first kappa shape index (κ1) is 9.93. The first-order valence-electron chi connectivity index (χ1n) is 4.73. The first-order valence-corrected chi connectivity index (χ1v) is 4.73. The third kappa shape index (κ3) is 1.92. The van der Waals surface area contributed by atoms with Crippen molar-refractivity contribution in [1.82, 2.24) is 0 Å². The van der Waals surface area contributed by atoms with Crippen molar-refractivity contribution in [2.45, 2.75) is 13.0 Å². The van der Waals surface area contributed by atoms with Crippen LogP contribution in [0.5, 0.6) is 0 Å². The van der Waals surface area contributed by atoms with Crippen LogP contribution in [0, 0.1) is 12.7 Å². The molecule has 0 fully saturated rings. The minimum absolute atomic E-state index is 0.247. The van der Waals surface area contributed by atoms with E-state index in [1.165, 1.54) is 12.1 Å². The number of hydrogen-bond donors (Lipinski definition) is 1. The van der Waals surface area contributed by atoms with E-state index in [-0.39, 0.29) is 11.9 Å². The molecule has 2 aromatic rings. The number of benzene rings is 1. The fourth-order valence-electron chi connectivity index (χ4n) is 1.61. The van der Waals surface area contributed by atoms with Crippen molar-refractivity contribution >= 4 is 0 Å². The smallest absolute Gasteiger partial charge is 0.125 e. The van der Waals surface area contributed by atoms with Gasteiger partial charge in [-0.25, -0.2) is 4.39 Å². The van der Waals surface area contributed by atoms with Crippen molar-refractivity contribution in [2.24, 2.45) is 5.73 Å². The highest BCUT2D eigenvalue weighted by Gasteiger charge is 2.13. The third-order valence-corrected chi connectivity index (χ3v) is 2.42. The van der Waals surface area contributed by atoms with Gasteiger partial charge >= 0.3 is 0 Å². The summed E-state index contributed by atoms with van der Waals surface area (Å²) in [6.45, 7) is 1.83. The normalized spacial score (nSPS) is 12.7. The van der Waals surface area contributed by atoms with Gasteiger partial charge in [-0.3, -0.25) is 0 Å². The molecule has 1 aromatic carbocycles. The minimum Gasteiger partial charge on any atom is -0.467 e. The van der Waals surface area contributed by atoms with E-state index >= 15 is 0 Å². The highest BCUT2D eigenvalue weighted by atomic mass is 19.1. The molecule has 0 spiro atoms. The highest BCUT2D eigenvalue weighted by molar-refractivity contribution is 5.33. The van der Waals surface area contributed by atoms with Crippen LogP contribution in [0.2, 0.25) is 0 Å². The summed E-state index contributed by atoms with van der Waals surface area (Å²) in [7, 11) is 0. The number of aryl methyl sites for hydroxylation is 1. The fraction of sp³-hybridized carbons (Fsp3) is 0.167. The lowest BCUT2D eigenvalue weighted by atomic mass is 10.0. The number of halogens is 1. The van der Waals surface area contributed by atoms with Gasteiger partial charge in [-0.15, -0.1) is 0 Å². The minimum atomic E-state index is -0.333. The van der Waals surface area contributed by atoms with E-state index < -0.39 is 0 Å². The topological polar surface area (TPSA) is 39.2 Å². The molecule has 1 heterocycles. The third-order valence-electron chi connectivity index (χ3n) is 2.42. The highest BCUT2D eigenvalue weighted by Crippen LogP contribution is 2.23. The quantitative estimate of drug-likeness (QED) is 0.818. The van der Waals surface area contributed by atoms with Crippen LogP contribution in [0.1, 0.15) is 22.9 Å². The Bertz CT molecular complexity index is 451. The summed E-state index contributed by atoms with van der Waals surface area (Å²) in [5.41, 5.74) is 7.71. The molecule has 1 unspecified atom stereocenters. The summed E-state index contributed by atoms with van der Waals surface area (Å²) in [6, 6.07) is 7.84. The van der Waals surface area contributed by atoms with E-state index in [0.29, 0.717) is 5.76 Å². The van der Waals surface area contributed by atoms with Crippen LogP contribution in [-0.4, -0.2) is 0 Å². The fourth-order valence-corrected chi connectivity index (χ4v) is 1.61. The van der Waals surface area contributed by atoms with Crippen molar-refractivity contribution in [3.05, 3.63) is 59.3 Å². The molecule has 0 bridgehead atoms. The van der Waals surface area contributed by atoms with E-state index in [4.69, 9.17) is 10.2 Å². The molecular weight excluding hydrogens is 193 g/mol. The van der Waals surface area contributed by atoms with Gasteiger partial charge in [0, 0.05) is 0 Å². The molecule has 3 heteroatoms. The van der Waals surface area contributed by atoms with Crippen LogP contribution >= 0.6 is 0 Å². The van der Waals surface area contributed by atoms with Crippen LogP contribution in [0.15, 0.2) is 41.0 Å². The van der Waals surface area contributed by atoms with Crippen molar-refractivity contribution < 1.29 is 8.81 Å². The second-order valence-electron chi connectivity index (χ2n) is 3.49. The maximum absolute atomic E-state index is 12.9. The lowest BCUT2D eigenvalue weighted by molar-refractivity contribution is 0.489. The second-order valence-corrected chi connectivity index (χ2v) is 3.49. The monoisotopic (exact) mass is 205 g/mol. The Morgan fingerprint density at radius 2 is 2.13 bits per heavy atom. The molecule has 78 valence electrons. The van der Waals surface area contributed by atoms with Crippen molar-refractivity contribution in [3.8, 4) is 0 Å². The van der Waals surface area contributed by atoms with Crippen molar-refractivity contribution in [1.29, 1.82) is 0 Å². The first-order chi connectivity index (χ1) is 7.18. The molecule has 0 aliphatic carbocycles. The van der Waals surface area contributed by atoms with Crippen LogP contribution in [0.25, 0.3) is 0 Å². The van der Waals surface area contributed by atoms with Crippen LogP contribution in [0.3, 0.4) is 0 Å². The molecule has 2 nitrogen and oxygen atoms in total. The van der Waals surface area contributed by atoms with E-state index in [1.807, 2.05) is 13.0 Å². The second kappa shape index (κ2) is 3.87. The Morgan fingerprint density at radius 1 is 1.33 bits per heavy atom. The van der Waals surface area contributed by atoms with Crippen LogP contribution in [-0.2, 0) is 0 Å². The Hall–Kier alpha value is -1.61.